The third kappa shape index (κ3) is 3.77. The predicted octanol–water partition coefficient (Wildman–Crippen LogP) is 0.0711. The van der Waals surface area contributed by atoms with Gasteiger partial charge in [-0.2, -0.15) is 0 Å². The van der Waals surface area contributed by atoms with Crippen LogP contribution in [0.2, 0.25) is 0 Å². The summed E-state index contributed by atoms with van der Waals surface area (Å²) in [7, 11) is 0. The summed E-state index contributed by atoms with van der Waals surface area (Å²) in [4.78, 5) is 11.2. The molecule has 0 saturated carbocycles. The minimum atomic E-state index is -0.921. The van der Waals surface area contributed by atoms with Gasteiger partial charge >= 0.3 is 5.97 Å². The molecule has 0 aromatic heterocycles. The van der Waals surface area contributed by atoms with Gasteiger partial charge in [-0.25, -0.2) is 0 Å². The molecule has 0 aliphatic carbocycles. The first-order valence-corrected chi connectivity index (χ1v) is 5.13. The van der Waals surface area contributed by atoms with E-state index in [-0.39, 0.29) is 25.7 Å². The van der Waals surface area contributed by atoms with Crippen LogP contribution in [0, 0.1) is 11.3 Å². The maximum absolute atomic E-state index is 11.2. The number of ether oxygens (including phenoxy) is 1. The average molecular weight is 219 g/mol. The molecular weight excluding hydrogens is 198 g/mol. The normalized spacial score (nSPS) is 15.3. The van der Waals surface area contributed by atoms with Crippen molar-refractivity contribution in [1.29, 1.82) is 0 Å². The van der Waals surface area contributed by atoms with E-state index in [0.29, 0.717) is 13.0 Å². The third-order valence-electron chi connectivity index (χ3n) is 2.82. The van der Waals surface area contributed by atoms with Gasteiger partial charge < -0.3 is 20.7 Å². The lowest BCUT2D eigenvalue weighted by molar-refractivity contribution is -0.152. The number of carboxylic acid groups (broad SMARTS) is 1. The predicted molar refractivity (Wildman–Crippen MR) is 56.5 cm³/mol. The van der Waals surface area contributed by atoms with Crippen LogP contribution in [0.1, 0.15) is 20.3 Å². The number of aliphatic carboxylic acids is 1. The molecule has 5 nitrogen and oxygen atoms in total. The van der Waals surface area contributed by atoms with Gasteiger partial charge in [0.2, 0.25) is 0 Å². The molecule has 0 rings (SSSR count). The van der Waals surface area contributed by atoms with Crippen molar-refractivity contribution in [2.45, 2.75) is 20.3 Å². The Balaban J connectivity index is 4.30. The number of nitrogens with two attached hydrogens (primary N) is 1. The van der Waals surface area contributed by atoms with Gasteiger partial charge in [0.15, 0.2) is 0 Å². The molecule has 0 fully saturated rings. The Morgan fingerprint density at radius 2 is 2.07 bits per heavy atom. The number of aliphatic hydroxyl groups excluding tert-OH is 1. The Kier molecular flexibility index (Phi) is 6.47. The topological polar surface area (TPSA) is 92.8 Å². The average Bonchev–Trinajstić information content (AvgIpc) is 2.17. The van der Waals surface area contributed by atoms with Crippen LogP contribution in [0.5, 0.6) is 0 Å². The number of hydrogen-bond donors (Lipinski definition) is 3. The zero-order valence-corrected chi connectivity index (χ0v) is 9.40. The molecule has 1 unspecified atom stereocenters. The Morgan fingerprint density at radius 1 is 1.47 bits per heavy atom. The van der Waals surface area contributed by atoms with Crippen LogP contribution in [0.3, 0.4) is 0 Å². The van der Waals surface area contributed by atoms with E-state index in [4.69, 9.17) is 20.7 Å². The van der Waals surface area contributed by atoms with E-state index in [1.54, 1.807) is 0 Å². The Hall–Kier alpha value is -0.650. The first-order valence-electron chi connectivity index (χ1n) is 5.13. The molecule has 0 aromatic rings. The highest BCUT2D eigenvalue weighted by Crippen LogP contribution is 2.30. The Bertz CT molecular complexity index is 196. The molecule has 0 amide bonds. The molecular formula is C10H21NO4. The maximum atomic E-state index is 11.2. The van der Waals surface area contributed by atoms with E-state index in [1.807, 2.05) is 13.8 Å². The summed E-state index contributed by atoms with van der Waals surface area (Å²) >= 11 is 0. The van der Waals surface area contributed by atoms with Crippen molar-refractivity contribution in [3.8, 4) is 0 Å². The summed E-state index contributed by atoms with van der Waals surface area (Å²) in [5.74, 6) is -0.926. The van der Waals surface area contributed by atoms with Gasteiger partial charge in [-0.3, -0.25) is 4.79 Å². The second-order valence-corrected chi connectivity index (χ2v) is 3.91. The lowest BCUT2D eigenvalue weighted by Crippen LogP contribution is -2.44. The summed E-state index contributed by atoms with van der Waals surface area (Å²) in [5, 5.41) is 17.7. The molecule has 0 radical (unpaired) electrons. The summed E-state index contributed by atoms with van der Waals surface area (Å²) in [6, 6.07) is 0. The van der Waals surface area contributed by atoms with Crippen molar-refractivity contribution in [1.82, 2.24) is 0 Å². The van der Waals surface area contributed by atoms with Gasteiger partial charge in [-0.1, -0.05) is 13.8 Å². The smallest absolute Gasteiger partial charge is 0.311 e. The molecule has 0 aliphatic rings. The molecule has 5 heteroatoms. The first kappa shape index (κ1) is 14.3. The highest BCUT2D eigenvalue weighted by Gasteiger charge is 2.39. The van der Waals surface area contributed by atoms with Crippen molar-refractivity contribution in [2.24, 2.45) is 17.1 Å². The standard InChI is InChI=1S/C10H21NO4/c1-8(2)10(7-11,9(13)14)3-5-15-6-4-12/h8,12H,3-7,11H2,1-2H3,(H,13,14). The molecule has 0 heterocycles. The summed E-state index contributed by atoms with van der Waals surface area (Å²) in [5.41, 5.74) is 4.62. The van der Waals surface area contributed by atoms with E-state index in [0.717, 1.165) is 0 Å². The molecule has 0 aliphatic heterocycles. The number of hydrogen-bond acceptors (Lipinski definition) is 4. The zero-order valence-electron chi connectivity index (χ0n) is 9.40. The molecule has 15 heavy (non-hydrogen) atoms. The second-order valence-electron chi connectivity index (χ2n) is 3.91. The van der Waals surface area contributed by atoms with Crippen molar-refractivity contribution in [3.63, 3.8) is 0 Å². The van der Waals surface area contributed by atoms with Crippen LogP contribution in [0.15, 0.2) is 0 Å². The molecule has 1 atom stereocenters. The van der Waals surface area contributed by atoms with Crippen molar-refractivity contribution < 1.29 is 19.7 Å². The maximum Gasteiger partial charge on any atom is 0.311 e. The summed E-state index contributed by atoms with van der Waals surface area (Å²) < 4.78 is 5.07. The SMILES string of the molecule is CC(C)C(CN)(CCOCCO)C(=O)O. The third-order valence-corrected chi connectivity index (χ3v) is 2.82. The number of carboxylic acids is 1. The fourth-order valence-corrected chi connectivity index (χ4v) is 1.49. The lowest BCUT2D eigenvalue weighted by atomic mass is 9.75. The highest BCUT2D eigenvalue weighted by atomic mass is 16.5. The quantitative estimate of drug-likeness (QED) is 0.502. The number of carbonyl (C=O) groups is 1. The van der Waals surface area contributed by atoms with Gasteiger partial charge in [-0.05, 0) is 12.3 Å². The van der Waals surface area contributed by atoms with Crippen molar-refractivity contribution in [3.05, 3.63) is 0 Å². The van der Waals surface area contributed by atoms with E-state index in [1.165, 1.54) is 0 Å². The van der Waals surface area contributed by atoms with Gasteiger partial charge in [0.25, 0.3) is 0 Å². The highest BCUT2D eigenvalue weighted by molar-refractivity contribution is 5.75. The molecule has 4 N–H and O–H groups in total. The van der Waals surface area contributed by atoms with Crippen LogP contribution in [0.25, 0.3) is 0 Å². The van der Waals surface area contributed by atoms with Crippen LogP contribution < -0.4 is 5.73 Å². The molecule has 0 aromatic carbocycles. The van der Waals surface area contributed by atoms with Gasteiger partial charge in [0, 0.05) is 13.2 Å². The summed E-state index contributed by atoms with van der Waals surface area (Å²) in [6.45, 7) is 4.27. The number of aliphatic hydroxyl groups is 1. The fourth-order valence-electron chi connectivity index (χ4n) is 1.49. The Labute approximate surface area is 90.2 Å². The van der Waals surface area contributed by atoms with Crippen molar-refractivity contribution >= 4 is 5.97 Å². The first-order chi connectivity index (χ1) is 7.01. The molecule has 0 saturated heterocycles. The van der Waals surface area contributed by atoms with E-state index >= 15 is 0 Å². The molecule has 0 bridgehead atoms. The fraction of sp³-hybridized carbons (Fsp3) is 0.900. The van der Waals surface area contributed by atoms with Crippen molar-refractivity contribution in [2.75, 3.05) is 26.4 Å². The molecule has 90 valence electrons. The van der Waals surface area contributed by atoms with E-state index < -0.39 is 11.4 Å². The Morgan fingerprint density at radius 3 is 2.40 bits per heavy atom. The van der Waals surface area contributed by atoms with Crippen LogP contribution >= 0.6 is 0 Å². The minimum Gasteiger partial charge on any atom is -0.481 e. The second kappa shape index (κ2) is 6.76. The summed E-state index contributed by atoms with van der Waals surface area (Å²) in [6.07, 6.45) is 0.372. The van der Waals surface area contributed by atoms with Crippen LogP contribution in [-0.4, -0.2) is 42.5 Å². The van der Waals surface area contributed by atoms with E-state index in [9.17, 15) is 4.79 Å². The number of rotatable bonds is 8. The monoisotopic (exact) mass is 219 g/mol. The largest absolute Gasteiger partial charge is 0.481 e. The van der Waals surface area contributed by atoms with Gasteiger partial charge in [0.1, 0.15) is 0 Å². The van der Waals surface area contributed by atoms with E-state index in [2.05, 4.69) is 0 Å². The molecule has 0 spiro atoms. The van der Waals surface area contributed by atoms with Gasteiger partial charge in [-0.15, -0.1) is 0 Å². The minimum absolute atomic E-state index is 0.0438. The van der Waals surface area contributed by atoms with Crippen LogP contribution in [0.4, 0.5) is 0 Å². The zero-order chi connectivity index (χ0) is 11.9. The van der Waals surface area contributed by atoms with Crippen LogP contribution in [-0.2, 0) is 9.53 Å². The van der Waals surface area contributed by atoms with Gasteiger partial charge in [0.05, 0.1) is 18.6 Å². The lowest BCUT2D eigenvalue weighted by Gasteiger charge is -2.31.